The first-order chi connectivity index (χ1) is 10.6. The van der Waals surface area contributed by atoms with Gasteiger partial charge in [0.15, 0.2) is 0 Å². The SMILES string of the molecule is Cc1nnsc1CN(C)C(=O)C1CC(c2cccn2C)NN1. The molecule has 1 amide bonds. The van der Waals surface area contributed by atoms with Gasteiger partial charge >= 0.3 is 0 Å². The Labute approximate surface area is 133 Å². The van der Waals surface area contributed by atoms with Crippen molar-refractivity contribution in [2.24, 2.45) is 7.05 Å². The topological polar surface area (TPSA) is 75.1 Å². The Morgan fingerprint density at radius 1 is 1.55 bits per heavy atom. The van der Waals surface area contributed by atoms with Gasteiger partial charge in [-0.25, -0.2) is 10.9 Å². The summed E-state index contributed by atoms with van der Waals surface area (Å²) >= 11 is 1.34. The molecule has 2 aromatic rings. The summed E-state index contributed by atoms with van der Waals surface area (Å²) in [5, 5.41) is 3.98. The van der Waals surface area contributed by atoms with Crippen molar-refractivity contribution in [1.29, 1.82) is 0 Å². The zero-order chi connectivity index (χ0) is 15.7. The second-order valence-corrected chi connectivity index (χ2v) is 6.49. The van der Waals surface area contributed by atoms with Crippen molar-refractivity contribution in [3.8, 4) is 0 Å². The molecule has 0 spiro atoms. The molecule has 0 radical (unpaired) electrons. The van der Waals surface area contributed by atoms with Crippen LogP contribution in [0.15, 0.2) is 18.3 Å². The summed E-state index contributed by atoms with van der Waals surface area (Å²) in [6, 6.07) is 4.01. The van der Waals surface area contributed by atoms with E-state index in [0.29, 0.717) is 6.54 Å². The molecule has 118 valence electrons. The van der Waals surface area contributed by atoms with Crippen molar-refractivity contribution in [3.63, 3.8) is 0 Å². The number of amides is 1. The molecule has 3 heterocycles. The average Bonchev–Trinajstić information content (AvgIpc) is 3.20. The van der Waals surface area contributed by atoms with E-state index in [1.54, 1.807) is 4.90 Å². The number of hydrazine groups is 1. The molecule has 1 fully saturated rings. The fourth-order valence-corrected chi connectivity index (χ4v) is 3.39. The molecule has 1 saturated heterocycles. The highest BCUT2D eigenvalue weighted by molar-refractivity contribution is 7.05. The van der Waals surface area contributed by atoms with E-state index < -0.39 is 0 Å². The Morgan fingerprint density at radius 3 is 3.00 bits per heavy atom. The van der Waals surface area contributed by atoms with Crippen LogP contribution in [0.4, 0.5) is 0 Å². The standard InChI is InChI=1S/C14H20N6OS/c1-9-13(22-18-15-9)8-20(3)14(21)11-7-10(16-17-11)12-5-4-6-19(12)2/h4-6,10-11,16-17H,7-8H2,1-3H3. The lowest BCUT2D eigenvalue weighted by molar-refractivity contribution is -0.132. The van der Waals surface area contributed by atoms with Crippen molar-refractivity contribution in [2.75, 3.05) is 7.05 Å². The van der Waals surface area contributed by atoms with Crippen LogP contribution in [0.1, 0.15) is 28.7 Å². The number of hydrogen-bond acceptors (Lipinski definition) is 6. The quantitative estimate of drug-likeness (QED) is 0.869. The molecule has 2 unspecified atom stereocenters. The maximum atomic E-state index is 12.6. The lowest BCUT2D eigenvalue weighted by atomic mass is 10.1. The minimum absolute atomic E-state index is 0.0806. The molecule has 22 heavy (non-hydrogen) atoms. The first-order valence-corrected chi connectivity index (χ1v) is 7.98. The minimum Gasteiger partial charge on any atom is -0.353 e. The van der Waals surface area contributed by atoms with Gasteiger partial charge in [0.2, 0.25) is 5.91 Å². The van der Waals surface area contributed by atoms with Crippen LogP contribution in [0.3, 0.4) is 0 Å². The van der Waals surface area contributed by atoms with Crippen molar-refractivity contribution in [1.82, 2.24) is 29.9 Å². The van der Waals surface area contributed by atoms with Gasteiger partial charge < -0.3 is 9.47 Å². The number of likely N-dealkylation sites (N-methyl/N-ethyl adjacent to an activating group) is 1. The second-order valence-electron chi connectivity index (χ2n) is 5.65. The lowest BCUT2D eigenvalue weighted by Gasteiger charge is -2.20. The third kappa shape index (κ3) is 2.90. The maximum Gasteiger partial charge on any atom is 0.241 e. The zero-order valence-electron chi connectivity index (χ0n) is 12.9. The molecule has 0 aliphatic carbocycles. The Morgan fingerprint density at radius 2 is 2.36 bits per heavy atom. The summed E-state index contributed by atoms with van der Waals surface area (Å²) in [5.74, 6) is 0.0806. The summed E-state index contributed by atoms with van der Waals surface area (Å²) in [7, 11) is 3.83. The molecule has 0 bridgehead atoms. The maximum absolute atomic E-state index is 12.6. The molecule has 2 aromatic heterocycles. The Balaban J connectivity index is 1.61. The van der Waals surface area contributed by atoms with Gasteiger partial charge in [-0.2, -0.15) is 0 Å². The highest BCUT2D eigenvalue weighted by Crippen LogP contribution is 2.23. The summed E-state index contributed by atoms with van der Waals surface area (Å²) in [6.45, 7) is 2.47. The smallest absolute Gasteiger partial charge is 0.241 e. The Hall–Kier alpha value is -1.77. The van der Waals surface area contributed by atoms with Crippen LogP contribution < -0.4 is 10.9 Å². The summed E-state index contributed by atoms with van der Waals surface area (Å²) in [5.41, 5.74) is 8.40. The summed E-state index contributed by atoms with van der Waals surface area (Å²) < 4.78 is 5.98. The van der Waals surface area contributed by atoms with E-state index >= 15 is 0 Å². The number of nitrogens with zero attached hydrogens (tertiary/aromatic N) is 4. The van der Waals surface area contributed by atoms with Crippen molar-refractivity contribution in [2.45, 2.75) is 32.0 Å². The molecule has 2 atom stereocenters. The van der Waals surface area contributed by atoms with Gasteiger partial charge in [0.1, 0.15) is 6.04 Å². The predicted molar refractivity (Wildman–Crippen MR) is 84.0 cm³/mol. The third-order valence-corrected chi connectivity index (χ3v) is 4.85. The fourth-order valence-electron chi connectivity index (χ4n) is 2.70. The van der Waals surface area contributed by atoms with E-state index in [-0.39, 0.29) is 18.0 Å². The van der Waals surface area contributed by atoms with Gasteiger partial charge in [-0.3, -0.25) is 4.79 Å². The molecule has 7 nitrogen and oxygen atoms in total. The zero-order valence-corrected chi connectivity index (χ0v) is 13.7. The molecular weight excluding hydrogens is 300 g/mol. The highest BCUT2D eigenvalue weighted by atomic mass is 32.1. The van der Waals surface area contributed by atoms with Gasteiger partial charge in [-0.15, -0.1) is 5.10 Å². The van der Waals surface area contributed by atoms with E-state index in [1.807, 2.05) is 33.3 Å². The van der Waals surface area contributed by atoms with E-state index in [1.165, 1.54) is 17.2 Å². The fraction of sp³-hybridized carbons (Fsp3) is 0.500. The van der Waals surface area contributed by atoms with Crippen LogP contribution in [-0.4, -0.2) is 38.1 Å². The Kier molecular flexibility index (Phi) is 4.23. The van der Waals surface area contributed by atoms with Gasteiger partial charge in [0.25, 0.3) is 0 Å². The monoisotopic (exact) mass is 320 g/mol. The molecule has 3 rings (SSSR count). The van der Waals surface area contributed by atoms with Crippen LogP contribution in [0.5, 0.6) is 0 Å². The first kappa shape index (κ1) is 15.1. The number of aryl methyl sites for hydroxylation is 2. The average molecular weight is 320 g/mol. The summed E-state index contributed by atoms with van der Waals surface area (Å²) in [6.07, 6.45) is 2.75. The third-order valence-electron chi connectivity index (χ3n) is 4.04. The van der Waals surface area contributed by atoms with Crippen LogP contribution in [0.25, 0.3) is 0 Å². The van der Waals surface area contributed by atoms with Crippen LogP contribution >= 0.6 is 11.5 Å². The van der Waals surface area contributed by atoms with E-state index in [0.717, 1.165) is 17.0 Å². The first-order valence-electron chi connectivity index (χ1n) is 7.21. The largest absolute Gasteiger partial charge is 0.353 e. The van der Waals surface area contributed by atoms with Gasteiger partial charge in [0, 0.05) is 26.0 Å². The van der Waals surface area contributed by atoms with E-state index in [9.17, 15) is 4.79 Å². The number of nitrogens with one attached hydrogen (secondary N) is 2. The normalized spacial score (nSPS) is 21.2. The molecule has 0 aromatic carbocycles. The van der Waals surface area contributed by atoms with Gasteiger partial charge in [-0.05, 0) is 37.0 Å². The number of carbonyl (C=O) groups is 1. The molecular formula is C14H20N6OS. The van der Waals surface area contributed by atoms with Gasteiger partial charge in [0.05, 0.1) is 23.2 Å². The number of rotatable bonds is 4. The van der Waals surface area contributed by atoms with Crippen LogP contribution in [-0.2, 0) is 18.4 Å². The molecule has 2 N–H and O–H groups in total. The molecule has 1 aliphatic rings. The Bertz CT molecular complexity index is 666. The van der Waals surface area contributed by atoms with Crippen molar-refractivity contribution < 1.29 is 4.79 Å². The summed E-state index contributed by atoms with van der Waals surface area (Å²) in [4.78, 5) is 15.3. The predicted octanol–water partition coefficient (Wildman–Crippen LogP) is 0.751. The molecule has 8 heteroatoms. The number of aromatic nitrogens is 3. The van der Waals surface area contributed by atoms with Crippen molar-refractivity contribution >= 4 is 17.4 Å². The molecule has 1 aliphatic heterocycles. The van der Waals surface area contributed by atoms with Crippen LogP contribution in [0, 0.1) is 6.92 Å². The van der Waals surface area contributed by atoms with Crippen LogP contribution in [0.2, 0.25) is 0 Å². The molecule has 0 saturated carbocycles. The van der Waals surface area contributed by atoms with E-state index in [2.05, 4.69) is 31.1 Å². The second kappa shape index (κ2) is 6.15. The number of hydrogen-bond donors (Lipinski definition) is 2. The van der Waals surface area contributed by atoms with Gasteiger partial charge in [-0.1, -0.05) is 4.49 Å². The minimum atomic E-state index is -0.217. The van der Waals surface area contributed by atoms with E-state index in [4.69, 9.17) is 0 Å². The van der Waals surface area contributed by atoms with Crippen molar-refractivity contribution in [3.05, 3.63) is 34.6 Å². The number of carbonyl (C=O) groups excluding carboxylic acids is 1. The lowest BCUT2D eigenvalue weighted by Crippen LogP contribution is -2.43. The highest BCUT2D eigenvalue weighted by Gasteiger charge is 2.33.